The average molecular weight is 281 g/mol. The lowest BCUT2D eigenvalue weighted by Gasteiger charge is -2.24. The Labute approximate surface area is 118 Å². The first kappa shape index (κ1) is 14.8. The number of carbonyl (C=O) groups is 1. The van der Waals surface area contributed by atoms with Crippen LogP contribution < -0.4 is 11.1 Å². The fourth-order valence-electron chi connectivity index (χ4n) is 2.45. The molecule has 1 aromatic heterocycles. The van der Waals surface area contributed by atoms with Crippen LogP contribution in [0.2, 0.25) is 0 Å². The van der Waals surface area contributed by atoms with Gasteiger partial charge in [0.2, 0.25) is 0 Å². The fourth-order valence-corrected chi connectivity index (χ4v) is 2.45. The maximum absolute atomic E-state index is 11.9. The highest BCUT2D eigenvalue weighted by Crippen LogP contribution is 2.29. The van der Waals surface area contributed by atoms with E-state index >= 15 is 0 Å². The summed E-state index contributed by atoms with van der Waals surface area (Å²) >= 11 is 0. The molecule has 0 unspecified atom stereocenters. The van der Waals surface area contributed by atoms with E-state index < -0.39 is 5.60 Å². The van der Waals surface area contributed by atoms with Crippen molar-refractivity contribution in [1.29, 1.82) is 0 Å². The van der Waals surface area contributed by atoms with Crippen molar-refractivity contribution in [1.82, 2.24) is 20.3 Å². The normalized spacial score (nSPS) is 22.8. The number of hydrogen-bond acceptors (Lipinski definition) is 5. The molecule has 0 saturated heterocycles. The van der Waals surface area contributed by atoms with Gasteiger partial charge in [-0.25, -0.2) is 9.48 Å². The molecule has 0 aromatic carbocycles. The number of carbonyl (C=O) groups excluding carboxylic acids is 1. The molecular weight excluding hydrogens is 258 g/mol. The van der Waals surface area contributed by atoms with Gasteiger partial charge in [0.05, 0.1) is 24.0 Å². The molecule has 2 rings (SSSR count). The number of alkyl carbamates (subject to hydrolysis) is 1. The van der Waals surface area contributed by atoms with E-state index in [2.05, 4.69) is 15.6 Å². The minimum absolute atomic E-state index is 0.0252. The topological polar surface area (TPSA) is 95.1 Å². The van der Waals surface area contributed by atoms with Crippen molar-refractivity contribution >= 4 is 6.09 Å². The quantitative estimate of drug-likeness (QED) is 0.872. The van der Waals surface area contributed by atoms with E-state index in [1.807, 2.05) is 27.0 Å². The maximum atomic E-state index is 11.9. The SMILES string of the molecule is CC(C)(C)OC(=O)N[C@@H]1CCC[C@H]1n1cc(CN)nn1. The van der Waals surface area contributed by atoms with Crippen LogP contribution in [0.3, 0.4) is 0 Å². The lowest BCUT2D eigenvalue weighted by molar-refractivity contribution is 0.0493. The fraction of sp³-hybridized carbons (Fsp3) is 0.769. The zero-order valence-electron chi connectivity index (χ0n) is 12.3. The van der Waals surface area contributed by atoms with Crippen molar-refractivity contribution in [3.8, 4) is 0 Å². The molecule has 3 N–H and O–H groups in total. The summed E-state index contributed by atoms with van der Waals surface area (Å²) in [6, 6.07) is 0.146. The highest BCUT2D eigenvalue weighted by molar-refractivity contribution is 5.68. The van der Waals surface area contributed by atoms with Crippen LogP contribution in [0.5, 0.6) is 0 Å². The standard InChI is InChI=1S/C13H23N5O2/c1-13(2,3)20-12(19)15-10-5-4-6-11(10)18-8-9(7-14)16-17-18/h8,10-11H,4-7,14H2,1-3H3,(H,15,19)/t10-,11-/m1/s1. The molecule has 112 valence electrons. The first-order valence-corrected chi connectivity index (χ1v) is 6.99. The van der Waals surface area contributed by atoms with E-state index in [0.717, 1.165) is 25.0 Å². The van der Waals surface area contributed by atoms with Gasteiger partial charge in [-0.05, 0) is 40.0 Å². The minimum Gasteiger partial charge on any atom is -0.444 e. The number of aromatic nitrogens is 3. The van der Waals surface area contributed by atoms with Gasteiger partial charge in [-0.2, -0.15) is 0 Å². The Morgan fingerprint density at radius 3 is 2.90 bits per heavy atom. The number of hydrogen-bond donors (Lipinski definition) is 2. The second kappa shape index (κ2) is 5.78. The lowest BCUT2D eigenvalue weighted by Crippen LogP contribution is -2.41. The van der Waals surface area contributed by atoms with Crippen molar-refractivity contribution in [3.63, 3.8) is 0 Å². The van der Waals surface area contributed by atoms with Crippen molar-refractivity contribution in [2.24, 2.45) is 5.73 Å². The molecule has 1 aliphatic carbocycles. The largest absolute Gasteiger partial charge is 0.444 e. The number of rotatable bonds is 3. The van der Waals surface area contributed by atoms with E-state index in [9.17, 15) is 4.79 Å². The summed E-state index contributed by atoms with van der Waals surface area (Å²) in [5.74, 6) is 0. The third-order valence-corrected chi connectivity index (χ3v) is 3.29. The maximum Gasteiger partial charge on any atom is 0.407 e. The predicted octanol–water partition coefficient (Wildman–Crippen LogP) is 1.36. The Bertz CT molecular complexity index is 466. The summed E-state index contributed by atoms with van der Waals surface area (Å²) in [4.78, 5) is 11.9. The molecule has 1 fully saturated rings. The number of amides is 1. The van der Waals surface area contributed by atoms with Gasteiger partial charge in [0.25, 0.3) is 0 Å². The van der Waals surface area contributed by atoms with E-state index in [1.165, 1.54) is 0 Å². The molecule has 0 bridgehead atoms. The van der Waals surface area contributed by atoms with E-state index in [-0.39, 0.29) is 18.2 Å². The zero-order chi connectivity index (χ0) is 14.8. The first-order valence-electron chi connectivity index (χ1n) is 6.99. The van der Waals surface area contributed by atoms with Crippen molar-refractivity contribution in [2.45, 2.75) is 64.3 Å². The van der Waals surface area contributed by atoms with Crippen LogP contribution in [0.4, 0.5) is 4.79 Å². The van der Waals surface area contributed by atoms with Crippen LogP contribution in [-0.2, 0) is 11.3 Å². The molecule has 7 nitrogen and oxygen atoms in total. The van der Waals surface area contributed by atoms with Crippen molar-refractivity contribution in [2.75, 3.05) is 0 Å². The molecule has 1 saturated carbocycles. The Balaban J connectivity index is 1.98. The number of nitrogens with zero attached hydrogens (tertiary/aromatic N) is 3. The van der Waals surface area contributed by atoms with Gasteiger partial charge in [-0.3, -0.25) is 0 Å². The average Bonchev–Trinajstić information content (AvgIpc) is 2.93. The summed E-state index contributed by atoms with van der Waals surface area (Å²) < 4.78 is 7.10. The van der Waals surface area contributed by atoms with Gasteiger partial charge in [-0.1, -0.05) is 5.21 Å². The van der Waals surface area contributed by atoms with Crippen LogP contribution in [0.25, 0.3) is 0 Å². The molecule has 1 amide bonds. The third kappa shape index (κ3) is 3.69. The van der Waals surface area contributed by atoms with Crippen molar-refractivity contribution in [3.05, 3.63) is 11.9 Å². The summed E-state index contributed by atoms with van der Waals surface area (Å²) in [6.45, 7) is 5.92. The number of nitrogens with one attached hydrogen (secondary N) is 1. The first-order chi connectivity index (χ1) is 9.39. The number of nitrogens with two attached hydrogens (primary N) is 1. The molecule has 1 aromatic rings. The monoisotopic (exact) mass is 281 g/mol. The lowest BCUT2D eigenvalue weighted by atomic mass is 10.2. The van der Waals surface area contributed by atoms with Crippen LogP contribution in [0, 0.1) is 0 Å². The third-order valence-electron chi connectivity index (χ3n) is 3.29. The molecule has 7 heteroatoms. The summed E-state index contributed by atoms with van der Waals surface area (Å²) in [6.07, 6.45) is 4.40. The van der Waals surface area contributed by atoms with Gasteiger partial charge in [-0.15, -0.1) is 5.10 Å². The molecule has 0 aliphatic heterocycles. The van der Waals surface area contributed by atoms with E-state index in [0.29, 0.717) is 6.54 Å². The van der Waals surface area contributed by atoms with Crippen LogP contribution in [0.15, 0.2) is 6.20 Å². The predicted molar refractivity (Wildman–Crippen MR) is 74.0 cm³/mol. The summed E-state index contributed by atoms with van der Waals surface area (Å²) in [5.41, 5.74) is 5.81. The Hall–Kier alpha value is -1.63. The summed E-state index contributed by atoms with van der Waals surface area (Å²) in [5, 5.41) is 11.0. The highest BCUT2D eigenvalue weighted by atomic mass is 16.6. The van der Waals surface area contributed by atoms with E-state index in [4.69, 9.17) is 10.5 Å². The molecule has 2 atom stereocenters. The van der Waals surface area contributed by atoms with Gasteiger partial charge in [0, 0.05) is 6.54 Å². The second-order valence-electron chi connectivity index (χ2n) is 6.14. The Kier molecular flexibility index (Phi) is 4.27. The minimum atomic E-state index is -0.488. The molecule has 1 heterocycles. The summed E-state index contributed by atoms with van der Waals surface area (Å²) in [7, 11) is 0. The molecule has 0 spiro atoms. The Morgan fingerprint density at radius 2 is 2.30 bits per heavy atom. The van der Waals surface area contributed by atoms with Gasteiger partial charge < -0.3 is 15.8 Å². The van der Waals surface area contributed by atoms with Gasteiger partial charge in [0.15, 0.2) is 0 Å². The zero-order valence-corrected chi connectivity index (χ0v) is 12.3. The number of ether oxygens (including phenoxy) is 1. The van der Waals surface area contributed by atoms with Gasteiger partial charge >= 0.3 is 6.09 Å². The van der Waals surface area contributed by atoms with E-state index in [1.54, 1.807) is 4.68 Å². The van der Waals surface area contributed by atoms with Crippen LogP contribution >= 0.6 is 0 Å². The smallest absolute Gasteiger partial charge is 0.407 e. The molecule has 20 heavy (non-hydrogen) atoms. The molecule has 1 aliphatic rings. The Morgan fingerprint density at radius 1 is 1.55 bits per heavy atom. The van der Waals surface area contributed by atoms with Gasteiger partial charge in [0.1, 0.15) is 5.60 Å². The van der Waals surface area contributed by atoms with Crippen LogP contribution in [0.1, 0.15) is 51.8 Å². The van der Waals surface area contributed by atoms with Crippen molar-refractivity contribution < 1.29 is 9.53 Å². The molecule has 0 radical (unpaired) electrons. The van der Waals surface area contributed by atoms with Crippen LogP contribution in [-0.4, -0.2) is 32.7 Å². The second-order valence-corrected chi connectivity index (χ2v) is 6.14. The highest BCUT2D eigenvalue weighted by Gasteiger charge is 2.32. The molecular formula is C13H23N5O2.